The Morgan fingerprint density at radius 2 is 2.11 bits per heavy atom. The van der Waals surface area contributed by atoms with E-state index in [-0.39, 0.29) is 17.4 Å². The van der Waals surface area contributed by atoms with Gasteiger partial charge in [0.2, 0.25) is 0 Å². The number of nitrogens with two attached hydrogens (primary N) is 1. The van der Waals surface area contributed by atoms with Crippen molar-refractivity contribution in [1.82, 2.24) is 4.90 Å². The minimum absolute atomic E-state index is 0.236. The lowest BCUT2D eigenvalue weighted by atomic mass is 9.85. The molecule has 2 saturated heterocycles. The molecule has 2 aliphatic heterocycles. The molecule has 110 valence electrons. The molecular weight excluding hydrogens is 264 g/mol. The van der Waals surface area contributed by atoms with Gasteiger partial charge in [0, 0.05) is 24.7 Å². The third-order valence-corrected chi connectivity index (χ3v) is 6.89. The zero-order valence-corrected chi connectivity index (χ0v) is 12.2. The number of hydrogen-bond donors (Lipinski definition) is 1. The lowest BCUT2D eigenvalue weighted by Crippen LogP contribution is -2.65. The third-order valence-electron chi connectivity index (χ3n) is 5.09. The van der Waals surface area contributed by atoms with Crippen LogP contribution in [0.2, 0.25) is 0 Å². The van der Waals surface area contributed by atoms with E-state index in [1.807, 2.05) is 0 Å². The lowest BCUT2D eigenvalue weighted by Gasteiger charge is -2.51. The highest BCUT2D eigenvalue weighted by molar-refractivity contribution is 7.91. The first kappa shape index (κ1) is 13.8. The second kappa shape index (κ2) is 4.98. The van der Waals surface area contributed by atoms with Crippen LogP contribution < -0.4 is 5.73 Å². The van der Waals surface area contributed by atoms with Gasteiger partial charge in [-0.05, 0) is 19.3 Å². The summed E-state index contributed by atoms with van der Waals surface area (Å²) in [6.07, 6.45) is 5.64. The van der Waals surface area contributed by atoms with Gasteiger partial charge < -0.3 is 10.5 Å². The molecular formula is C13H24N2O3S. The molecule has 3 aliphatic rings. The normalized spacial score (nSPS) is 43.0. The molecule has 2 N–H and O–H groups in total. The van der Waals surface area contributed by atoms with Crippen LogP contribution in [0.1, 0.15) is 32.1 Å². The molecule has 0 amide bonds. The van der Waals surface area contributed by atoms with E-state index >= 15 is 0 Å². The fraction of sp³-hybridized carbons (Fsp3) is 1.00. The molecule has 0 aromatic rings. The standard InChI is InChI=1S/C13H24N2O3S/c14-9-13(5-8-19(16,17)10-13)15-6-7-18-12-4-2-1-3-11(12)15/h11-12H,1-10,14H2. The SMILES string of the molecule is NCC1(N2CCOC3CCCCC32)CCS(=O)(=O)C1. The summed E-state index contributed by atoms with van der Waals surface area (Å²) in [6, 6.07) is 0.374. The predicted octanol–water partition coefficient (Wildman–Crippen LogP) is 0.146. The number of rotatable bonds is 2. The highest BCUT2D eigenvalue weighted by Crippen LogP contribution is 2.37. The van der Waals surface area contributed by atoms with E-state index in [4.69, 9.17) is 10.5 Å². The van der Waals surface area contributed by atoms with Crippen molar-refractivity contribution in [2.24, 2.45) is 5.73 Å². The van der Waals surface area contributed by atoms with Crippen molar-refractivity contribution < 1.29 is 13.2 Å². The monoisotopic (exact) mass is 288 g/mol. The number of ether oxygens (including phenoxy) is 1. The molecule has 0 aromatic heterocycles. The van der Waals surface area contributed by atoms with Crippen molar-refractivity contribution in [2.45, 2.75) is 49.8 Å². The molecule has 3 rings (SSSR count). The second-order valence-electron chi connectivity index (χ2n) is 6.22. The molecule has 0 bridgehead atoms. The molecule has 19 heavy (non-hydrogen) atoms. The summed E-state index contributed by atoms with van der Waals surface area (Å²) in [5.74, 6) is 0.526. The summed E-state index contributed by atoms with van der Waals surface area (Å²) in [7, 11) is -2.92. The Labute approximate surface area is 115 Å². The summed E-state index contributed by atoms with van der Waals surface area (Å²) in [4.78, 5) is 2.39. The maximum absolute atomic E-state index is 11.9. The molecule has 2 heterocycles. The van der Waals surface area contributed by atoms with Crippen LogP contribution in [-0.2, 0) is 14.6 Å². The Bertz CT molecular complexity index is 437. The van der Waals surface area contributed by atoms with Gasteiger partial charge in [0.1, 0.15) is 0 Å². The number of fused-ring (bicyclic) bond motifs is 1. The average molecular weight is 288 g/mol. The summed E-state index contributed by atoms with van der Waals surface area (Å²) in [5, 5.41) is 0. The van der Waals surface area contributed by atoms with Gasteiger partial charge in [0.25, 0.3) is 0 Å². The van der Waals surface area contributed by atoms with Gasteiger partial charge >= 0.3 is 0 Å². The Kier molecular flexibility index (Phi) is 3.62. The number of sulfone groups is 1. The van der Waals surface area contributed by atoms with E-state index in [0.29, 0.717) is 31.4 Å². The molecule has 1 saturated carbocycles. The smallest absolute Gasteiger partial charge is 0.152 e. The average Bonchev–Trinajstić information content (AvgIpc) is 2.75. The molecule has 3 atom stereocenters. The van der Waals surface area contributed by atoms with Gasteiger partial charge in [-0.1, -0.05) is 12.8 Å². The summed E-state index contributed by atoms with van der Waals surface area (Å²) in [6.45, 7) is 1.98. The largest absolute Gasteiger partial charge is 0.375 e. The second-order valence-corrected chi connectivity index (χ2v) is 8.41. The van der Waals surface area contributed by atoms with Crippen molar-refractivity contribution in [3.8, 4) is 0 Å². The molecule has 6 heteroatoms. The highest BCUT2D eigenvalue weighted by atomic mass is 32.2. The van der Waals surface area contributed by atoms with Gasteiger partial charge in [-0.2, -0.15) is 0 Å². The lowest BCUT2D eigenvalue weighted by molar-refractivity contribution is -0.120. The fourth-order valence-corrected chi connectivity index (χ4v) is 6.17. The van der Waals surface area contributed by atoms with Crippen molar-refractivity contribution in [3.05, 3.63) is 0 Å². The first-order chi connectivity index (χ1) is 9.06. The Morgan fingerprint density at radius 3 is 2.79 bits per heavy atom. The van der Waals surface area contributed by atoms with Crippen LogP contribution in [-0.4, -0.2) is 62.2 Å². The Balaban J connectivity index is 1.86. The zero-order chi connectivity index (χ0) is 13.5. The number of morpholine rings is 1. The molecule has 3 fully saturated rings. The van der Waals surface area contributed by atoms with Crippen molar-refractivity contribution in [2.75, 3.05) is 31.2 Å². The number of nitrogens with zero attached hydrogens (tertiary/aromatic N) is 1. The minimum atomic E-state index is -2.92. The van der Waals surface area contributed by atoms with Gasteiger partial charge in [0.15, 0.2) is 9.84 Å². The van der Waals surface area contributed by atoms with Gasteiger partial charge in [-0.15, -0.1) is 0 Å². The van der Waals surface area contributed by atoms with Crippen molar-refractivity contribution in [1.29, 1.82) is 0 Å². The van der Waals surface area contributed by atoms with Crippen LogP contribution in [0.25, 0.3) is 0 Å². The maximum Gasteiger partial charge on any atom is 0.152 e. The molecule has 0 spiro atoms. The number of hydrogen-bond acceptors (Lipinski definition) is 5. The highest BCUT2D eigenvalue weighted by Gasteiger charge is 2.50. The van der Waals surface area contributed by atoms with Gasteiger partial charge in [-0.3, -0.25) is 4.90 Å². The van der Waals surface area contributed by atoms with Crippen LogP contribution in [0.15, 0.2) is 0 Å². The quantitative estimate of drug-likeness (QED) is 0.783. The molecule has 1 aliphatic carbocycles. The maximum atomic E-state index is 11.9. The Hall–Kier alpha value is -0.170. The van der Waals surface area contributed by atoms with Crippen molar-refractivity contribution >= 4 is 9.84 Å². The van der Waals surface area contributed by atoms with E-state index in [1.54, 1.807) is 0 Å². The van der Waals surface area contributed by atoms with Crippen LogP contribution in [0.3, 0.4) is 0 Å². The minimum Gasteiger partial charge on any atom is -0.375 e. The van der Waals surface area contributed by atoms with E-state index in [0.717, 1.165) is 19.4 Å². The van der Waals surface area contributed by atoms with E-state index < -0.39 is 9.84 Å². The zero-order valence-electron chi connectivity index (χ0n) is 11.4. The summed E-state index contributed by atoms with van der Waals surface area (Å²) < 4.78 is 29.7. The van der Waals surface area contributed by atoms with Crippen LogP contribution in [0, 0.1) is 0 Å². The third kappa shape index (κ3) is 2.44. The topological polar surface area (TPSA) is 72.6 Å². The molecule has 0 radical (unpaired) electrons. The molecule has 3 unspecified atom stereocenters. The van der Waals surface area contributed by atoms with Gasteiger partial charge in [-0.25, -0.2) is 8.42 Å². The van der Waals surface area contributed by atoms with E-state index in [2.05, 4.69) is 4.90 Å². The fourth-order valence-electron chi connectivity index (χ4n) is 4.09. The predicted molar refractivity (Wildman–Crippen MR) is 73.8 cm³/mol. The summed E-state index contributed by atoms with van der Waals surface area (Å²) in [5.41, 5.74) is 5.67. The molecule has 0 aromatic carbocycles. The van der Waals surface area contributed by atoms with Crippen molar-refractivity contribution in [3.63, 3.8) is 0 Å². The van der Waals surface area contributed by atoms with Crippen LogP contribution >= 0.6 is 0 Å². The Morgan fingerprint density at radius 1 is 1.32 bits per heavy atom. The van der Waals surface area contributed by atoms with Crippen LogP contribution in [0.5, 0.6) is 0 Å². The first-order valence-corrected chi connectivity index (χ1v) is 9.17. The van der Waals surface area contributed by atoms with Gasteiger partial charge in [0.05, 0.1) is 24.2 Å². The van der Waals surface area contributed by atoms with Crippen LogP contribution in [0.4, 0.5) is 0 Å². The first-order valence-electron chi connectivity index (χ1n) is 7.35. The summed E-state index contributed by atoms with van der Waals surface area (Å²) >= 11 is 0. The van der Waals surface area contributed by atoms with E-state index in [9.17, 15) is 8.42 Å². The van der Waals surface area contributed by atoms with E-state index in [1.165, 1.54) is 12.8 Å². The molecule has 5 nitrogen and oxygen atoms in total.